The van der Waals surface area contributed by atoms with Crippen LogP contribution in [0.1, 0.15) is 16.1 Å². The Hall–Kier alpha value is -2.38. The number of nitrogens with zero attached hydrogens (tertiary/aromatic N) is 4. The molecule has 0 saturated carbocycles. The maximum Gasteiger partial charge on any atom is 0.356 e. The molecule has 1 aliphatic heterocycles. The van der Waals surface area contributed by atoms with Gasteiger partial charge in [-0.2, -0.15) is 5.10 Å². The number of amides is 1. The van der Waals surface area contributed by atoms with Crippen LogP contribution in [0, 0.1) is 0 Å². The Balaban J connectivity index is 1.48. The van der Waals surface area contributed by atoms with Crippen molar-refractivity contribution < 1.29 is 14.7 Å². The molecule has 1 amide bonds. The Labute approximate surface area is 150 Å². The summed E-state index contributed by atoms with van der Waals surface area (Å²) < 4.78 is 1.37. The Morgan fingerprint density at radius 3 is 2.36 bits per heavy atom. The molecule has 1 aliphatic rings. The molecule has 1 N–H and O–H groups in total. The number of carboxylic acid groups (broad SMARTS) is 1. The summed E-state index contributed by atoms with van der Waals surface area (Å²) in [4.78, 5) is 27.2. The van der Waals surface area contributed by atoms with Crippen molar-refractivity contribution in [3.05, 3.63) is 52.8 Å². The van der Waals surface area contributed by atoms with Crippen molar-refractivity contribution in [2.24, 2.45) is 0 Å². The van der Waals surface area contributed by atoms with Crippen molar-refractivity contribution >= 4 is 23.5 Å². The lowest BCUT2D eigenvalue weighted by Gasteiger charge is -2.34. The highest BCUT2D eigenvalue weighted by atomic mass is 35.5. The van der Waals surface area contributed by atoms with Crippen molar-refractivity contribution in [1.82, 2.24) is 19.6 Å². The number of carbonyl (C=O) groups excluding carboxylic acids is 1. The Morgan fingerprint density at radius 2 is 1.76 bits per heavy atom. The standard InChI is InChI=1S/C17H19ClN4O3/c18-14-3-1-13(2-4-14)11-20-7-9-21(10-8-20)16(23)12-22-6-5-15(19-22)17(24)25/h1-6H,7-12H2,(H,24,25). The van der Waals surface area contributed by atoms with Crippen molar-refractivity contribution in [2.45, 2.75) is 13.1 Å². The van der Waals surface area contributed by atoms with Crippen molar-refractivity contribution in [3.8, 4) is 0 Å². The summed E-state index contributed by atoms with van der Waals surface area (Å²) in [5, 5.41) is 13.5. The van der Waals surface area contributed by atoms with E-state index in [1.807, 2.05) is 24.3 Å². The zero-order valence-corrected chi connectivity index (χ0v) is 14.4. The molecule has 0 spiro atoms. The van der Waals surface area contributed by atoms with Crippen LogP contribution in [0.4, 0.5) is 0 Å². The largest absolute Gasteiger partial charge is 0.476 e. The van der Waals surface area contributed by atoms with E-state index in [0.29, 0.717) is 13.1 Å². The Morgan fingerprint density at radius 1 is 1.08 bits per heavy atom. The van der Waals surface area contributed by atoms with E-state index in [1.54, 1.807) is 4.90 Å². The number of carbonyl (C=O) groups is 2. The maximum absolute atomic E-state index is 12.3. The molecule has 0 atom stereocenters. The van der Waals surface area contributed by atoms with Gasteiger partial charge in [0.25, 0.3) is 0 Å². The van der Waals surface area contributed by atoms with E-state index >= 15 is 0 Å². The van der Waals surface area contributed by atoms with Crippen LogP contribution in [-0.4, -0.2) is 62.7 Å². The first-order chi connectivity index (χ1) is 12.0. The van der Waals surface area contributed by atoms with E-state index in [1.165, 1.54) is 22.5 Å². The minimum absolute atomic E-state index is 0.0498. The van der Waals surface area contributed by atoms with Crippen LogP contribution >= 0.6 is 11.6 Å². The van der Waals surface area contributed by atoms with Crippen molar-refractivity contribution in [1.29, 1.82) is 0 Å². The third-order valence-electron chi connectivity index (χ3n) is 4.20. The van der Waals surface area contributed by atoms with Gasteiger partial charge < -0.3 is 10.0 Å². The fourth-order valence-electron chi connectivity index (χ4n) is 2.81. The molecule has 1 aromatic carbocycles. The Kier molecular flexibility index (Phi) is 5.35. The number of benzene rings is 1. The highest BCUT2D eigenvalue weighted by Gasteiger charge is 2.21. The average Bonchev–Trinajstić information content (AvgIpc) is 3.06. The smallest absolute Gasteiger partial charge is 0.356 e. The van der Waals surface area contributed by atoms with Gasteiger partial charge in [-0.05, 0) is 23.8 Å². The number of piperazine rings is 1. The fourth-order valence-corrected chi connectivity index (χ4v) is 2.93. The predicted octanol–water partition coefficient (Wildman–Crippen LogP) is 1.58. The average molecular weight is 363 g/mol. The quantitative estimate of drug-likeness (QED) is 0.873. The number of hydrogen-bond donors (Lipinski definition) is 1. The monoisotopic (exact) mass is 362 g/mol. The molecule has 3 rings (SSSR count). The molecule has 25 heavy (non-hydrogen) atoms. The van der Waals surface area contributed by atoms with Crippen LogP contribution in [0.25, 0.3) is 0 Å². The highest BCUT2D eigenvalue weighted by molar-refractivity contribution is 6.30. The molecule has 8 heteroatoms. The molecule has 2 aromatic rings. The van der Waals surface area contributed by atoms with Crippen molar-refractivity contribution in [3.63, 3.8) is 0 Å². The van der Waals surface area contributed by atoms with Gasteiger partial charge in [-0.3, -0.25) is 14.4 Å². The minimum atomic E-state index is -1.10. The minimum Gasteiger partial charge on any atom is -0.476 e. The molecule has 132 valence electrons. The summed E-state index contributed by atoms with van der Waals surface area (Å²) in [6, 6.07) is 9.17. The molecule has 1 aromatic heterocycles. The normalized spacial score (nSPS) is 15.3. The van der Waals surface area contributed by atoms with Crippen molar-refractivity contribution in [2.75, 3.05) is 26.2 Å². The summed E-state index contributed by atoms with van der Waals surface area (Å²) in [6.45, 7) is 3.80. The SMILES string of the molecule is O=C(O)c1ccn(CC(=O)N2CCN(Cc3ccc(Cl)cc3)CC2)n1. The van der Waals surface area contributed by atoms with Gasteiger partial charge in [0.2, 0.25) is 5.91 Å². The lowest BCUT2D eigenvalue weighted by molar-refractivity contribution is -0.133. The number of aromatic carboxylic acids is 1. The third-order valence-corrected chi connectivity index (χ3v) is 4.45. The molecule has 0 unspecified atom stereocenters. The van der Waals surface area contributed by atoms with Gasteiger partial charge >= 0.3 is 5.97 Å². The Bertz CT molecular complexity index is 752. The van der Waals surface area contributed by atoms with Gasteiger partial charge in [0.15, 0.2) is 5.69 Å². The van der Waals surface area contributed by atoms with Gasteiger partial charge in [-0.25, -0.2) is 4.79 Å². The zero-order chi connectivity index (χ0) is 17.8. The summed E-state index contributed by atoms with van der Waals surface area (Å²) in [6.07, 6.45) is 1.51. The van der Waals surface area contributed by atoms with Crippen LogP contribution in [0.15, 0.2) is 36.5 Å². The third kappa shape index (κ3) is 4.58. The molecule has 7 nitrogen and oxygen atoms in total. The van der Waals surface area contributed by atoms with Gasteiger partial charge in [-0.1, -0.05) is 23.7 Å². The van der Waals surface area contributed by atoms with E-state index in [4.69, 9.17) is 16.7 Å². The molecule has 2 heterocycles. The second-order valence-corrected chi connectivity index (χ2v) is 6.42. The van der Waals surface area contributed by atoms with Gasteiger partial charge in [0, 0.05) is 43.9 Å². The highest BCUT2D eigenvalue weighted by Crippen LogP contribution is 2.13. The van der Waals surface area contributed by atoms with E-state index < -0.39 is 5.97 Å². The number of hydrogen-bond acceptors (Lipinski definition) is 4. The molecular weight excluding hydrogens is 344 g/mol. The van der Waals surface area contributed by atoms with Crippen LogP contribution in [0.2, 0.25) is 5.02 Å². The topological polar surface area (TPSA) is 78.7 Å². The number of aromatic nitrogens is 2. The van der Waals surface area contributed by atoms with Gasteiger partial charge in [0.1, 0.15) is 6.54 Å². The molecular formula is C17H19ClN4O3. The second kappa shape index (κ2) is 7.67. The summed E-state index contributed by atoms with van der Waals surface area (Å²) in [5.74, 6) is -1.15. The van der Waals surface area contributed by atoms with E-state index in [2.05, 4.69) is 10.00 Å². The second-order valence-electron chi connectivity index (χ2n) is 5.99. The van der Waals surface area contributed by atoms with Crippen LogP contribution < -0.4 is 0 Å². The first-order valence-corrected chi connectivity index (χ1v) is 8.40. The fraction of sp³-hybridized carbons (Fsp3) is 0.353. The molecule has 0 radical (unpaired) electrons. The lowest BCUT2D eigenvalue weighted by atomic mass is 10.2. The van der Waals surface area contributed by atoms with E-state index in [0.717, 1.165) is 24.7 Å². The lowest BCUT2D eigenvalue weighted by Crippen LogP contribution is -2.49. The van der Waals surface area contributed by atoms with Gasteiger partial charge in [0.05, 0.1) is 0 Å². The first-order valence-electron chi connectivity index (χ1n) is 8.02. The molecule has 1 saturated heterocycles. The molecule has 0 bridgehead atoms. The first kappa shape index (κ1) is 17.4. The summed E-state index contributed by atoms with van der Waals surface area (Å²) in [7, 11) is 0. The number of rotatable bonds is 5. The molecule has 1 fully saturated rings. The van der Waals surface area contributed by atoms with E-state index in [9.17, 15) is 9.59 Å². The van der Waals surface area contributed by atoms with Crippen LogP contribution in [0.5, 0.6) is 0 Å². The van der Waals surface area contributed by atoms with Crippen LogP contribution in [-0.2, 0) is 17.9 Å². The zero-order valence-electron chi connectivity index (χ0n) is 13.6. The van der Waals surface area contributed by atoms with Gasteiger partial charge in [-0.15, -0.1) is 0 Å². The van der Waals surface area contributed by atoms with E-state index in [-0.39, 0.29) is 18.1 Å². The van der Waals surface area contributed by atoms with Crippen LogP contribution in [0.3, 0.4) is 0 Å². The summed E-state index contributed by atoms with van der Waals surface area (Å²) >= 11 is 5.90. The number of halogens is 1. The summed E-state index contributed by atoms with van der Waals surface area (Å²) in [5.41, 5.74) is 1.14. The number of carboxylic acids is 1. The predicted molar refractivity (Wildman–Crippen MR) is 92.5 cm³/mol. The molecule has 0 aliphatic carbocycles. The maximum atomic E-state index is 12.3.